The summed E-state index contributed by atoms with van der Waals surface area (Å²) in [5, 5.41) is 0. The second-order valence-corrected chi connectivity index (χ2v) is 15.0. The second-order valence-electron chi connectivity index (χ2n) is 15.0. The van der Waals surface area contributed by atoms with Gasteiger partial charge in [-0.15, -0.1) is 0 Å². The predicted octanol–water partition coefficient (Wildman–Crippen LogP) is 10.0. The molecule has 6 nitrogen and oxygen atoms in total. The Kier molecular flexibility index (Phi) is 17.6. The van der Waals surface area contributed by atoms with Gasteiger partial charge in [0, 0.05) is 0 Å². The Morgan fingerprint density at radius 2 is 0.581 bits per heavy atom. The molecule has 0 saturated carbocycles. The van der Waals surface area contributed by atoms with E-state index in [-0.39, 0.29) is 47.7 Å². The maximum Gasteiger partial charge on any atom is 0.460 e. The number of likely N-dealkylation sites (N-methyl/N-ethyl adjacent to an activating group) is 2. The molecule has 0 atom stereocenters. The van der Waals surface area contributed by atoms with E-state index in [9.17, 15) is 124 Å². The van der Waals surface area contributed by atoms with Crippen LogP contribution in [0.2, 0.25) is 0 Å². The first-order valence-corrected chi connectivity index (χ1v) is 16.8. The highest BCUT2D eigenvalue weighted by atomic mass is 19.4. The number of nitrogens with zero attached hydrogens (tertiary/aromatic N) is 2. The standard InChI is InChI=1S/C30H36F26N2O4/c1-57(2,15-17(59)61-13-9-19(31,32)21(35,36)23(39,40)25(43,44)27(47,48)29(51,52)53)11-7-5-6-8-12-58(3,4)16-18(60)62-14-10-20(33,34)22(37,38)24(41,42)26(45,46)28(49,50)30(54,55)56/h5-16H2,1-4H3/q+2. The fourth-order valence-electron chi connectivity index (χ4n) is 4.89. The Labute approximate surface area is 332 Å². The number of unbranched alkanes of at least 4 members (excludes halogenated alkanes) is 3. The summed E-state index contributed by atoms with van der Waals surface area (Å²) in [6, 6.07) is 0. The Balaban J connectivity index is 5.02. The number of esters is 2. The summed E-state index contributed by atoms with van der Waals surface area (Å²) in [6.45, 7) is -5.37. The Bertz CT molecular complexity index is 1400. The fraction of sp³-hybridized carbons (Fsp3) is 0.933. The zero-order valence-corrected chi connectivity index (χ0v) is 31.8. The lowest BCUT2D eigenvalue weighted by atomic mass is 9.93. The largest absolute Gasteiger partial charge is 0.461 e. The molecule has 0 radical (unpaired) electrons. The zero-order chi connectivity index (χ0) is 50.1. The van der Waals surface area contributed by atoms with Crippen LogP contribution in [0.1, 0.15) is 38.5 Å². The van der Waals surface area contributed by atoms with E-state index in [0.717, 1.165) is 0 Å². The van der Waals surface area contributed by atoms with Gasteiger partial charge in [-0.25, -0.2) is 9.59 Å². The van der Waals surface area contributed by atoms with Crippen LogP contribution in [0.3, 0.4) is 0 Å². The molecule has 370 valence electrons. The van der Waals surface area contributed by atoms with Gasteiger partial charge in [0.1, 0.15) is 0 Å². The first-order valence-electron chi connectivity index (χ1n) is 16.8. The van der Waals surface area contributed by atoms with Crippen molar-refractivity contribution in [1.29, 1.82) is 0 Å². The lowest BCUT2D eigenvalue weighted by Crippen LogP contribution is -2.70. The Hall–Kier alpha value is -2.96. The molecule has 0 aromatic rings. The average molecular weight is 983 g/mol. The van der Waals surface area contributed by atoms with E-state index in [0.29, 0.717) is 0 Å². The number of carbonyl (C=O) groups excluding carboxylic acids is 2. The van der Waals surface area contributed by atoms with E-state index in [1.54, 1.807) is 0 Å². The van der Waals surface area contributed by atoms with Crippen LogP contribution in [0.15, 0.2) is 0 Å². The van der Waals surface area contributed by atoms with Crippen molar-refractivity contribution in [2.45, 2.75) is 110 Å². The maximum absolute atomic E-state index is 13.9. The predicted molar refractivity (Wildman–Crippen MR) is 155 cm³/mol. The normalized spacial score (nSPS) is 15.5. The molecular weight excluding hydrogens is 946 g/mol. The molecule has 0 spiro atoms. The number of carbonyl (C=O) groups is 2. The van der Waals surface area contributed by atoms with Crippen LogP contribution in [-0.2, 0) is 19.1 Å². The van der Waals surface area contributed by atoms with Crippen molar-refractivity contribution < 1.29 is 142 Å². The molecule has 0 heterocycles. The van der Waals surface area contributed by atoms with Gasteiger partial charge in [0.15, 0.2) is 13.1 Å². The van der Waals surface area contributed by atoms with Crippen molar-refractivity contribution in [3.63, 3.8) is 0 Å². The highest BCUT2D eigenvalue weighted by molar-refractivity contribution is 5.70. The number of alkyl halides is 26. The van der Waals surface area contributed by atoms with Crippen molar-refractivity contribution in [2.75, 3.05) is 67.6 Å². The lowest BCUT2D eigenvalue weighted by Gasteiger charge is -2.39. The molecule has 0 aromatic carbocycles. The molecule has 0 aliphatic carbocycles. The lowest BCUT2D eigenvalue weighted by molar-refractivity contribution is -0.884. The third-order valence-corrected chi connectivity index (χ3v) is 8.75. The van der Waals surface area contributed by atoms with Gasteiger partial charge in [-0.2, -0.15) is 114 Å². The van der Waals surface area contributed by atoms with Crippen molar-refractivity contribution in [1.82, 2.24) is 0 Å². The summed E-state index contributed by atoms with van der Waals surface area (Å²) in [5.74, 6) is -79.0. The zero-order valence-electron chi connectivity index (χ0n) is 31.8. The fourth-order valence-corrected chi connectivity index (χ4v) is 4.89. The molecule has 0 saturated heterocycles. The van der Waals surface area contributed by atoms with Gasteiger partial charge in [-0.1, -0.05) is 0 Å². The molecule has 0 bridgehead atoms. The smallest absolute Gasteiger partial charge is 0.460 e. The molecule has 0 aliphatic heterocycles. The third kappa shape index (κ3) is 12.0. The molecular formula is C30H36F26N2O4+2. The summed E-state index contributed by atoms with van der Waals surface area (Å²) >= 11 is 0. The molecule has 0 unspecified atom stereocenters. The van der Waals surface area contributed by atoms with Crippen molar-refractivity contribution in [3.8, 4) is 0 Å². The van der Waals surface area contributed by atoms with Gasteiger partial charge in [-0.3, -0.25) is 0 Å². The van der Waals surface area contributed by atoms with Crippen LogP contribution in [0, 0.1) is 0 Å². The van der Waals surface area contributed by atoms with Gasteiger partial charge in [0.2, 0.25) is 0 Å². The summed E-state index contributed by atoms with van der Waals surface area (Å²) in [5.41, 5.74) is 0. The minimum absolute atomic E-state index is 0.0284. The number of halogens is 26. The van der Waals surface area contributed by atoms with Gasteiger partial charge in [0.25, 0.3) is 0 Å². The summed E-state index contributed by atoms with van der Waals surface area (Å²) in [4.78, 5) is 24.1. The maximum atomic E-state index is 13.9. The van der Waals surface area contributed by atoms with Gasteiger partial charge in [-0.05, 0) is 25.7 Å². The molecule has 62 heavy (non-hydrogen) atoms. The van der Waals surface area contributed by atoms with E-state index in [4.69, 9.17) is 0 Å². The van der Waals surface area contributed by atoms with E-state index in [2.05, 4.69) is 9.47 Å². The minimum Gasteiger partial charge on any atom is -0.461 e. The van der Waals surface area contributed by atoms with Crippen molar-refractivity contribution in [3.05, 3.63) is 0 Å². The number of quaternary nitrogens is 2. The Morgan fingerprint density at radius 1 is 0.355 bits per heavy atom. The molecule has 0 aliphatic rings. The van der Waals surface area contributed by atoms with Crippen molar-refractivity contribution in [2.24, 2.45) is 0 Å². The monoisotopic (exact) mass is 982 g/mol. The molecule has 0 aromatic heterocycles. The summed E-state index contributed by atoms with van der Waals surface area (Å²) in [7, 11) is 5.18. The topological polar surface area (TPSA) is 52.6 Å². The van der Waals surface area contributed by atoms with Crippen LogP contribution in [-0.4, -0.2) is 160 Å². The number of ether oxygens (including phenoxy) is 2. The highest BCUT2D eigenvalue weighted by Crippen LogP contribution is 2.62. The molecule has 0 rings (SSSR count). The first-order chi connectivity index (χ1) is 26.9. The highest BCUT2D eigenvalue weighted by Gasteiger charge is 2.92. The van der Waals surface area contributed by atoms with E-state index in [1.807, 2.05) is 0 Å². The van der Waals surface area contributed by atoms with Crippen LogP contribution < -0.4 is 0 Å². The third-order valence-electron chi connectivity index (χ3n) is 8.75. The van der Waals surface area contributed by atoms with Crippen LogP contribution in [0.4, 0.5) is 114 Å². The minimum atomic E-state index is -8.09. The average Bonchev–Trinajstić information content (AvgIpc) is 3.03. The quantitative estimate of drug-likeness (QED) is 0.0396. The van der Waals surface area contributed by atoms with Crippen molar-refractivity contribution >= 4 is 11.9 Å². The number of hydrogen-bond donors (Lipinski definition) is 0. The van der Waals surface area contributed by atoms with Crippen LogP contribution in [0.25, 0.3) is 0 Å². The van der Waals surface area contributed by atoms with Crippen LogP contribution >= 0.6 is 0 Å². The SMILES string of the molecule is C[N+](C)(CCCCCC[N+](C)(C)CC(=O)OCCC(F)(F)C(F)(F)C(F)(F)C(F)(F)C(F)(F)C(F)(F)F)CC(=O)OCCC(F)(F)C(F)(F)C(F)(F)C(F)(F)C(F)(F)C(F)(F)F. The number of rotatable bonds is 25. The Morgan fingerprint density at radius 3 is 0.806 bits per heavy atom. The van der Waals surface area contributed by atoms with Gasteiger partial charge < -0.3 is 18.4 Å². The first kappa shape index (κ1) is 59.0. The van der Waals surface area contributed by atoms with E-state index < -0.39 is 123 Å². The second kappa shape index (κ2) is 18.5. The van der Waals surface area contributed by atoms with Crippen LogP contribution in [0.5, 0.6) is 0 Å². The van der Waals surface area contributed by atoms with Gasteiger partial charge >= 0.3 is 83.5 Å². The summed E-state index contributed by atoms with van der Waals surface area (Å²) in [6.07, 6.45) is -19.7. The molecule has 32 heteroatoms. The molecule has 0 amide bonds. The molecule has 0 N–H and O–H groups in total. The van der Waals surface area contributed by atoms with E-state index in [1.165, 1.54) is 28.2 Å². The summed E-state index contributed by atoms with van der Waals surface area (Å²) < 4.78 is 351. The van der Waals surface area contributed by atoms with E-state index >= 15 is 0 Å². The number of hydrogen-bond acceptors (Lipinski definition) is 4. The molecule has 0 fully saturated rings. The van der Waals surface area contributed by atoms with Gasteiger partial charge in [0.05, 0.1) is 67.3 Å².